The number of aryl methyl sites for hydroxylation is 1. The second-order valence-corrected chi connectivity index (χ2v) is 8.38. The molecule has 7 heteroatoms. The lowest BCUT2D eigenvalue weighted by Gasteiger charge is -2.21. The predicted octanol–water partition coefficient (Wildman–Crippen LogP) is 5.09. The maximum absolute atomic E-state index is 12.5. The molecule has 0 saturated carbocycles. The van der Waals surface area contributed by atoms with Crippen molar-refractivity contribution in [3.63, 3.8) is 0 Å². The van der Waals surface area contributed by atoms with E-state index in [1.54, 1.807) is 19.2 Å². The fraction of sp³-hybridized carbons (Fsp3) is 0.320. The summed E-state index contributed by atoms with van der Waals surface area (Å²) in [6, 6.07) is 16.8. The molecule has 2 aromatic carbocycles. The number of hydrogen-bond acceptors (Lipinski definition) is 5. The molecule has 0 spiro atoms. The van der Waals surface area contributed by atoms with E-state index in [-0.39, 0.29) is 18.3 Å². The van der Waals surface area contributed by atoms with Crippen molar-refractivity contribution in [2.75, 3.05) is 31.6 Å². The van der Waals surface area contributed by atoms with E-state index in [4.69, 9.17) is 25.5 Å². The van der Waals surface area contributed by atoms with Gasteiger partial charge in [-0.25, -0.2) is 0 Å². The van der Waals surface area contributed by atoms with Gasteiger partial charge in [0.2, 0.25) is 0 Å². The van der Waals surface area contributed by atoms with Crippen molar-refractivity contribution < 1.29 is 18.7 Å². The number of amides is 1. The first-order valence-electron chi connectivity index (χ1n) is 10.7. The number of rotatable bonds is 8. The minimum absolute atomic E-state index is 0.213. The third-order valence-electron chi connectivity index (χ3n) is 5.67. The Balaban J connectivity index is 1.27. The zero-order chi connectivity index (χ0) is 22.5. The molecule has 1 saturated heterocycles. The molecule has 0 radical (unpaired) electrons. The van der Waals surface area contributed by atoms with Crippen LogP contribution in [0.25, 0.3) is 0 Å². The summed E-state index contributed by atoms with van der Waals surface area (Å²) >= 11 is 6.17. The minimum atomic E-state index is -0.217. The lowest BCUT2D eigenvalue weighted by atomic mass is 10.1. The summed E-state index contributed by atoms with van der Waals surface area (Å²) in [6.07, 6.45) is 1.02. The fourth-order valence-electron chi connectivity index (χ4n) is 3.93. The molecule has 4 rings (SSSR count). The highest BCUT2D eigenvalue weighted by Gasteiger charge is 2.25. The number of furan rings is 1. The van der Waals surface area contributed by atoms with Crippen LogP contribution in [0.15, 0.2) is 59.0 Å². The first-order chi connectivity index (χ1) is 15.5. The summed E-state index contributed by atoms with van der Waals surface area (Å²) in [5.74, 6) is 2.29. The average molecular weight is 455 g/mol. The van der Waals surface area contributed by atoms with E-state index in [1.165, 1.54) is 5.56 Å². The molecular formula is C25H27ClN2O4. The van der Waals surface area contributed by atoms with Crippen molar-refractivity contribution in [2.45, 2.75) is 20.0 Å². The largest absolute Gasteiger partial charge is 0.493 e. The molecule has 6 nitrogen and oxygen atoms in total. The van der Waals surface area contributed by atoms with Gasteiger partial charge in [0.25, 0.3) is 5.91 Å². The van der Waals surface area contributed by atoms with Gasteiger partial charge < -0.3 is 24.1 Å². The number of benzene rings is 2. The van der Waals surface area contributed by atoms with Gasteiger partial charge in [0.1, 0.15) is 12.4 Å². The Bertz CT molecular complexity index is 1080. The van der Waals surface area contributed by atoms with Crippen LogP contribution in [-0.4, -0.2) is 32.7 Å². The van der Waals surface area contributed by atoms with Gasteiger partial charge in [0.05, 0.1) is 7.11 Å². The van der Waals surface area contributed by atoms with Gasteiger partial charge in [-0.3, -0.25) is 4.79 Å². The van der Waals surface area contributed by atoms with Crippen LogP contribution < -0.4 is 19.7 Å². The van der Waals surface area contributed by atoms with Crippen molar-refractivity contribution in [3.05, 3.63) is 76.7 Å². The van der Waals surface area contributed by atoms with Crippen LogP contribution in [0.2, 0.25) is 5.02 Å². The number of halogens is 1. The molecule has 1 aliphatic rings. The van der Waals surface area contributed by atoms with E-state index in [0.717, 1.165) is 30.2 Å². The second kappa shape index (κ2) is 10.0. The topological polar surface area (TPSA) is 63.9 Å². The normalized spacial score (nSPS) is 15.6. The first-order valence-corrected chi connectivity index (χ1v) is 11.0. The molecule has 1 atom stereocenters. The number of methoxy groups -OCH3 is 1. The highest BCUT2D eigenvalue weighted by molar-refractivity contribution is 6.30. The monoisotopic (exact) mass is 454 g/mol. The molecule has 3 aromatic rings. The van der Waals surface area contributed by atoms with Crippen molar-refractivity contribution in [3.8, 4) is 11.5 Å². The summed E-state index contributed by atoms with van der Waals surface area (Å²) in [4.78, 5) is 14.9. The quantitative estimate of drug-likeness (QED) is 0.514. The molecule has 0 aliphatic carbocycles. The van der Waals surface area contributed by atoms with E-state index in [9.17, 15) is 4.79 Å². The number of nitrogens with zero attached hydrogens (tertiary/aromatic N) is 1. The predicted molar refractivity (Wildman–Crippen MR) is 125 cm³/mol. The van der Waals surface area contributed by atoms with Gasteiger partial charge in [-0.15, -0.1) is 0 Å². The van der Waals surface area contributed by atoms with Crippen LogP contribution in [-0.2, 0) is 6.61 Å². The number of carbonyl (C=O) groups excluding carboxylic acids is 1. The average Bonchev–Trinajstić information content (AvgIpc) is 3.48. The fourth-order valence-corrected chi connectivity index (χ4v) is 4.10. The number of hydrogen-bond donors (Lipinski definition) is 1. The molecule has 1 unspecified atom stereocenters. The van der Waals surface area contributed by atoms with E-state index < -0.39 is 0 Å². The maximum Gasteiger partial charge on any atom is 0.287 e. The van der Waals surface area contributed by atoms with Crippen LogP contribution in [0.4, 0.5) is 5.69 Å². The summed E-state index contributed by atoms with van der Waals surface area (Å²) in [6.45, 7) is 4.74. The summed E-state index contributed by atoms with van der Waals surface area (Å²) in [5.41, 5.74) is 2.37. The number of nitrogens with one attached hydrogen (secondary N) is 1. The number of ether oxygens (including phenoxy) is 2. The third kappa shape index (κ3) is 5.19. The molecule has 32 heavy (non-hydrogen) atoms. The highest BCUT2D eigenvalue weighted by Crippen LogP contribution is 2.29. The van der Waals surface area contributed by atoms with Gasteiger partial charge in [0, 0.05) is 30.3 Å². The molecule has 1 fully saturated rings. The number of carbonyl (C=O) groups is 1. The van der Waals surface area contributed by atoms with Crippen molar-refractivity contribution >= 4 is 23.2 Å². The lowest BCUT2D eigenvalue weighted by molar-refractivity contribution is 0.0916. The zero-order valence-corrected chi connectivity index (χ0v) is 19.0. The van der Waals surface area contributed by atoms with Crippen LogP contribution >= 0.6 is 11.6 Å². The SMILES string of the molecule is COc1ccccc1OCc1ccc(C(=O)NCC2CCN(c3cc(Cl)ccc3C)C2)o1. The first kappa shape index (κ1) is 22.1. The van der Waals surface area contributed by atoms with E-state index in [0.29, 0.717) is 29.7 Å². The van der Waals surface area contributed by atoms with Crippen molar-refractivity contribution in [2.24, 2.45) is 5.92 Å². The second-order valence-electron chi connectivity index (χ2n) is 7.95. The van der Waals surface area contributed by atoms with Crippen molar-refractivity contribution in [1.29, 1.82) is 0 Å². The van der Waals surface area contributed by atoms with E-state index >= 15 is 0 Å². The van der Waals surface area contributed by atoms with Crippen LogP contribution in [0.3, 0.4) is 0 Å². The Hall–Kier alpha value is -3.12. The Morgan fingerprint density at radius 2 is 2.00 bits per heavy atom. The smallest absolute Gasteiger partial charge is 0.287 e. The van der Waals surface area contributed by atoms with Crippen molar-refractivity contribution in [1.82, 2.24) is 5.32 Å². The number of para-hydroxylation sites is 2. The number of anilines is 1. The van der Waals surface area contributed by atoms with E-state index in [2.05, 4.69) is 17.1 Å². The lowest BCUT2D eigenvalue weighted by Crippen LogP contribution is -2.30. The Morgan fingerprint density at radius 1 is 1.19 bits per heavy atom. The molecular weight excluding hydrogens is 428 g/mol. The molecule has 1 aliphatic heterocycles. The maximum atomic E-state index is 12.5. The van der Waals surface area contributed by atoms with E-state index in [1.807, 2.05) is 42.5 Å². The zero-order valence-electron chi connectivity index (χ0n) is 18.3. The molecule has 2 heterocycles. The van der Waals surface area contributed by atoms with Crippen LogP contribution in [0.5, 0.6) is 11.5 Å². The van der Waals surface area contributed by atoms with Gasteiger partial charge >= 0.3 is 0 Å². The standard InChI is InChI=1S/C25H27ClN2O4/c1-17-7-8-19(26)13-21(17)28-12-11-18(15-28)14-27-25(29)24-10-9-20(32-24)16-31-23-6-4-3-5-22(23)30-2/h3-10,13,18H,11-12,14-16H2,1-2H3,(H,27,29). The summed E-state index contributed by atoms with van der Waals surface area (Å²) in [7, 11) is 1.59. The molecule has 1 aromatic heterocycles. The van der Waals surface area contributed by atoms with Gasteiger partial charge in [0.15, 0.2) is 17.3 Å². The molecule has 0 bridgehead atoms. The van der Waals surface area contributed by atoms with Gasteiger partial charge in [-0.1, -0.05) is 29.8 Å². The van der Waals surface area contributed by atoms with Gasteiger partial charge in [-0.05, 0) is 61.2 Å². The summed E-state index contributed by atoms with van der Waals surface area (Å²) < 4.78 is 16.7. The molecule has 168 valence electrons. The third-order valence-corrected chi connectivity index (χ3v) is 5.91. The molecule has 1 amide bonds. The van der Waals surface area contributed by atoms with Crippen LogP contribution in [0.1, 0.15) is 28.3 Å². The Labute approximate surface area is 193 Å². The Kier molecular flexibility index (Phi) is 6.90. The molecule has 1 N–H and O–H groups in total. The Morgan fingerprint density at radius 3 is 2.81 bits per heavy atom. The minimum Gasteiger partial charge on any atom is -0.493 e. The van der Waals surface area contributed by atoms with Gasteiger partial charge in [-0.2, -0.15) is 0 Å². The summed E-state index contributed by atoms with van der Waals surface area (Å²) in [5, 5.41) is 3.74. The van der Waals surface area contributed by atoms with Crippen LogP contribution in [0, 0.1) is 12.8 Å². The highest BCUT2D eigenvalue weighted by atomic mass is 35.5.